The summed E-state index contributed by atoms with van der Waals surface area (Å²) in [4.78, 5) is 33.3. The van der Waals surface area contributed by atoms with Crippen molar-refractivity contribution in [3.8, 4) is 0 Å². The smallest absolute Gasteiger partial charge is 0.257 e. The van der Waals surface area contributed by atoms with Crippen LogP contribution in [0.2, 0.25) is 0 Å². The summed E-state index contributed by atoms with van der Waals surface area (Å²) in [5, 5.41) is 3.04. The van der Waals surface area contributed by atoms with Crippen LogP contribution in [0.25, 0.3) is 0 Å². The molecule has 0 saturated carbocycles. The van der Waals surface area contributed by atoms with Crippen molar-refractivity contribution in [3.63, 3.8) is 0 Å². The molecular formula is C25H25FN4O2. The predicted octanol–water partition coefficient (Wildman–Crippen LogP) is 3.04. The molecule has 6 nitrogen and oxygen atoms in total. The molecule has 2 amide bonds. The lowest BCUT2D eigenvalue weighted by Gasteiger charge is -2.38. The minimum atomic E-state index is -0.623. The van der Waals surface area contributed by atoms with Crippen molar-refractivity contribution >= 4 is 11.8 Å². The Morgan fingerprint density at radius 1 is 0.938 bits per heavy atom. The first kappa shape index (κ1) is 21.6. The molecule has 164 valence electrons. The topological polar surface area (TPSA) is 65.5 Å². The monoisotopic (exact) mass is 432 g/mol. The minimum Gasteiger partial charge on any atom is -0.350 e. The first-order chi connectivity index (χ1) is 15.6. The summed E-state index contributed by atoms with van der Waals surface area (Å²) >= 11 is 0. The zero-order valence-electron chi connectivity index (χ0n) is 17.7. The van der Waals surface area contributed by atoms with Gasteiger partial charge >= 0.3 is 0 Å². The fourth-order valence-electron chi connectivity index (χ4n) is 3.95. The predicted molar refractivity (Wildman–Crippen MR) is 119 cm³/mol. The molecule has 4 rings (SSSR count). The van der Waals surface area contributed by atoms with E-state index in [1.165, 1.54) is 12.3 Å². The van der Waals surface area contributed by atoms with Gasteiger partial charge in [0.1, 0.15) is 6.04 Å². The van der Waals surface area contributed by atoms with E-state index < -0.39 is 11.9 Å². The third-order valence-corrected chi connectivity index (χ3v) is 5.64. The van der Waals surface area contributed by atoms with Crippen LogP contribution in [0.5, 0.6) is 0 Å². The van der Waals surface area contributed by atoms with Gasteiger partial charge in [0.2, 0.25) is 5.91 Å². The fourth-order valence-corrected chi connectivity index (χ4v) is 3.95. The van der Waals surface area contributed by atoms with E-state index in [4.69, 9.17) is 0 Å². The van der Waals surface area contributed by atoms with Crippen LogP contribution in [0.15, 0.2) is 79.1 Å². The molecule has 1 aliphatic heterocycles. The Hall–Kier alpha value is -3.58. The molecule has 2 heterocycles. The number of nitrogens with one attached hydrogen (secondary N) is 1. The van der Waals surface area contributed by atoms with Gasteiger partial charge in [0.25, 0.3) is 5.91 Å². The lowest BCUT2D eigenvalue weighted by Crippen LogP contribution is -2.52. The van der Waals surface area contributed by atoms with E-state index in [9.17, 15) is 14.0 Å². The fraction of sp³-hybridized carbons (Fsp3) is 0.240. The molecule has 0 radical (unpaired) electrons. The van der Waals surface area contributed by atoms with Crippen LogP contribution in [0.3, 0.4) is 0 Å². The summed E-state index contributed by atoms with van der Waals surface area (Å²) in [7, 11) is 0. The molecule has 3 aromatic rings. The second kappa shape index (κ2) is 10.2. The summed E-state index contributed by atoms with van der Waals surface area (Å²) in [6.45, 7) is 2.29. The SMILES string of the molecule is O=C(NCc1ccccc1)[C@@H](c1ccccc1)N1CCN(C(=O)c2ccncc2F)CC1. The van der Waals surface area contributed by atoms with Gasteiger partial charge in [-0.25, -0.2) is 4.39 Å². The molecule has 1 fully saturated rings. The second-order valence-electron chi connectivity index (χ2n) is 7.70. The summed E-state index contributed by atoms with van der Waals surface area (Å²) in [6, 6.07) is 20.3. The van der Waals surface area contributed by atoms with Gasteiger partial charge in [0.05, 0.1) is 11.8 Å². The van der Waals surface area contributed by atoms with Gasteiger partial charge in [-0.15, -0.1) is 0 Å². The molecule has 1 aromatic heterocycles. The maximum absolute atomic E-state index is 14.0. The largest absolute Gasteiger partial charge is 0.350 e. The quantitative estimate of drug-likeness (QED) is 0.650. The number of halogens is 1. The van der Waals surface area contributed by atoms with Crippen LogP contribution < -0.4 is 5.32 Å². The number of carbonyl (C=O) groups is 2. The van der Waals surface area contributed by atoms with Gasteiger partial charge in [0.15, 0.2) is 5.82 Å². The molecule has 1 saturated heterocycles. The zero-order valence-corrected chi connectivity index (χ0v) is 17.7. The van der Waals surface area contributed by atoms with Gasteiger partial charge in [-0.2, -0.15) is 0 Å². The Morgan fingerprint density at radius 3 is 2.25 bits per heavy atom. The standard InChI is InChI=1S/C25H25FN4O2/c26-22-18-27-12-11-21(22)25(32)30-15-13-29(14-16-30)23(20-9-5-2-6-10-20)24(31)28-17-19-7-3-1-4-8-19/h1-12,18,23H,13-17H2,(H,28,31)/t23-/m1/s1. The van der Waals surface area contributed by atoms with E-state index in [0.29, 0.717) is 32.7 Å². The number of amides is 2. The highest BCUT2D eigenvalue weighted by molar-refractivity contribution is 5.94. The maximum atomic E-state index is 14.0. The van der Waals surface area contributed by atoms with Gasteiger partial charge < -0.3 is 10.2 Å². The van der Waals surface area contributed by atoms with Gasteiger partial charge in [0, 0.05) is 38.9 Å². The number of rotatable bonds is 6. The Morgan fingerprint density at radius 2 is 1.59 bits per heavy atom. The van der Waals surface area contributed by atoms with Crippen LogP contribution in [0.1, 0.15) is 27.5 Å². The molecule has 0 bridgehead atoms. The van der Waals surface area contributed by atoms with Crippen LogP contribution >= 0.6 is 0 Å². The molecular weight excluding hydrogens is 407 g/mol. The Labute approximate surface area is 186 Å². The van der Waals surface area contributed by atoms with Crippen LogP contribution in [-0.4, -0.2) is 52.8 Å². The van der Waals surface area contributed by atoms with E-state index >= 15 is 0 Å². The van der Waals surface area contributed by atoms with Crippen molar-refractivity contribution in [3.05, 3.63) is 102 Å². The van der Waals surface area contributed by atoms with E-state index in [-0.39, 0.29) is 17.4 Å². The molecule has 32 heavy (non-hydrogen) atoms. The summed E-state index contributed by atoms with van der Waals surface area (Å²) < 4.78 is 14.0. The highest BCUT2D eigenvalue weighted by Gasteiger charge is 2.32. The van der Waals surface area contributed by atoms with E-state index in [0.717, 1.165) is 17.3 Å². The molecule has 1 atom stereocenters. The number of carbonyl (C=O) groups excluding carboxylic acids is 2. The first-order valence-electron chi connectivity index (χ1n) is 10.6. The highest BCUT2D eigenvalue weighted by atomic mass is 19.1. The molecule has 0 spiro atoms. The highest BCUT2D eigenvalue weighted by Crippen LogP contribution is 2.23. The number of hydrogen-bond acceptors (Lipinski definition) is 4. The molecule has 1 aliphatic rings. The number of nitrogens with zero attached hydrogens (tertiary/aromatic N) is 3. The molecule has 2 aromatic carbocycles. The summed E-state index contributed by atoms with van der Waals surface area (Å²) in [5.41, 5.74) is 1.95. The third kappa shape index (κ3) is 5.00. The normalized spacial score (nSPS) is 15.2. The summed E-state index contributed by atoms with van der Waals surface area (Å²) in [5.74, 6) is -1.06. The van der Waals surface area contributed by atoms with Gasteiger partial charge in [-0.05, 0) is 17.2 Å². The van der Waals surface area contributed by atoms with Crippen molar-refractivity contribution in [2.75, 3.05) is 26.2 Å². The second-order valence-corrected chi connectivity index (χ2v) is 7.70. The average molecular weight is 432 g/mol. The van der Waals surface area contributed by atoms with E-state index in [1.807, 2.05) is 60.7 Å². The van der Waals surface area contributed by atoms with E-state index in [1.54, 1.807) is 4.90 Å². The first-order valence-corrected chi connectivity index (χ1v) is 10.6. The molecule has 7 heteroatoms. The lowest BCUT2D eigenvalue weighted by atomic mass is 10.0. The van der Waals surface area contributed by atoms with Crippen LogP contribution in [0, 0.1) is 5.82 Å². The molecule has 1 N–H and O–H groups in total. The Bertz CT molecular complexity index is 1050. The van der Waals surface area contributed by atoms with Crippen LogP contribution in [-0.2, 0) is 11.3 Å². The number of hydrogen-bond donors (Lipinski definition) is 1. The van der Waals surface area contributed by atoms with Crippen molar-refractivity contribution < 1.29 is 14.0 Å². The van der Waals surface area contributed by atoms with Gasteiger partial charge in [-0.3, -0.25) is 19.5 Å². The van der Waals surface area contributed by atoms with Gasteiger partial charge in [-0.1, -0.05) is 60.7 Å². The Kier molecular flexibility index (Phi) is 6.87. The number of pyridine rings is 1. The summed E-state index contributed by atoms with van der Waals surface area (Å²) in [6.07, 6.45) is 2.46. The zero-order chi connectivity index (χ0) is 22.3. The number of benzene rings is 2. The van der Waals surface area contributed by atoms with Crippen molar-refractivity contribution in [2.24, 2.45) is 0 Å². The molecule has 0 aliphatic carbocycles. The third-order valence-electron chi connectivity index (χ3n) is 5.64. The lowest BCUT2D eigenvalue weighted by molar-refractivity contribution is -0.127. The number of aromatic nitrogens is 1. The maximum Gasteiger partial charge on any atom is 0.257 e. The van der Waals surface area contributed by atoms with Crippen molar-refractivity contribution in [1.82, 2.24) is 20.1 Å². The van der Waals surface area contributed by atoms with Crippen molar-refractivity contribution in [1.29, 1.82) is 0 Å². The minimum absolute atomic E-state index is 0.0219. The van der Waals surface area contributed by atoms with Crippen molar-refractivity contribution in [2.45, 2.75) is 12.6 Å². The molecule has 0 unspecified atom stereocenters. The average Bonchev–Trinajstić information content (AvgIpc) is 2.84. The number of piperazine rings is 1. The van der Waals surface area contributed by atoms with E-state index in [2.05, 4.69) is 15.2 Å². The van der Waals surface area contributed by atoms with Crippen LogP contribution in [0.4, 0.5) is 4.39 Å². The Balaban J connectivity index is 1.45.